The van der Waals surface area contributed by atoms with Crippen molar-refractivity contribution in [3.8, 4) is 0 Å². The van der Waals surface area contributed by atoms with Crippen LogP contribution >= 0.6 is 24.8 Å². The Bertz CT molecular complexity index is 122. The van der Waals surface area contributed by atoms with Crippen LogP contribution in [-0.2, 0) is 0 Å². The molecule has 0 radical (unpaired) electrons. The number of nitrogens with zero attached hydrogens (tertiary/aromatic N) is 1. The maximum Gasteiger partial charge on any atom is 0.401 e. The molecule has 0 aromatic carbocycles. The van der Waals surface area contributed by atoms with Crippen LogP contribution in [0.3, 0.4) is 0 Å². The second-order valence-electron chi connectivity index (χ2n) is 2.71. The zero-order chi connectivity index (χ0) is 9.61. The van der Waals surface area contributed by atoms with Crippen LogP contribution in [0.5, 0.6) is 0 Å². The molecule has 0 aromatic rings. The van der Waals surface area contributed by atoms with E-state index in [0.29, 0.717) is 13.1 Å². The van der Waals surface area contributed by atoms with Crippen molar-refractivity contribution in [3.63, 3.8) is 0 Å². The van der Waals surface area contributed by atoms with Crippen LogP contribution in [0.2, 0.25) is 0 Å². The van der Waals surface area contributed by atoms with E-state index < -0.39 is 12.7 Å². The quantitative estimate of drug-likeness (QED) is 0.757. The van der Waals surface area contributed by atoms with E-state index in [-0.39, 0.29) is 24.8 Å². The summed E-state index contributed by atoms with van der Waals surface area (Å²) < 4.78 is 35.3. The standard InChI is InChI=1S/C7H15F3N2.2ClH/c1-3-11-4-5-12(2)6-7(8,9)10;;/h11H,3-6H2,1-2H3;2*1H. The van der Waals surface area contributed by atoms with Gasteiger partial charge < -0.3 is 5.32 Å². The van der Waals surface area contributed by atoms with E-state index in [1.165, 1.54) is 11.9 Å². The van der Waals surface area contributed by atoms with Crippen LogP contribution in [0.4, 0.5) is 13.2 Å². The molecule has 0 aromatic heterocycles. The highest BCUT2D eigenvalue weighted by molar-refractivity contribution is 5.85. The van der Waals surface area contributed by atoms with Gasteiger partial charge in [-0.3, -0.25) is 4.90 Å². The molecule has 1 N–H and O–H groups in total. The highest BCUT2D eigenvalue weighted by atomic mass is 35.5. The first-order chi connectivity index (χ1) is 5.45. The van der Waals surface area contributed by atoms with Crippen molar-refractivity contribution in [2.75, 3.05) is 33.2 Å². The minimum Gasteiger partial charge on any atom is -0.316 e. The molecule has 0 aliphatic carbocycles. The van der Waals surface area contributed by atoms with Gasteiger partial charge in [0.1, 0.15) is 0 Å². The van der Waals surface area contributed by atoms with E-state index in [9.17, 15) is 13.2 Å². The predicted molar refractivity (Wildman–Crippen MR) is 56.6 cm³/mol. The van der Waals surface area contributed by atoms with Gasteiger partial charge in [0.15, 0.2) is 0 Å². The summed E-state index contributed by atoms with van der Waals surface area (Å²) in [4.78, 5) is 1.25. The average Bonchev–Trinajstić information content (AvgIpc) is 1.84. The van der Waals surface area contributed by atoms with Crippen molar-refractivity contribution in [2.24, 2.45) is 0 Å². The summed E-state index contributed by atoms with van der Waals surface area (Å²) in [6.07, 6.45) is -4.08. The van der Waals surface area contributed by atoms with Crippen LogP contribution < -0.4 is 5.32 Å². The first-order valence-corrected chi connectivity index (χ1v) is 3.91. The zero-order valence-corrected chi connectivity index (χ0v) is 9.86. The average molecular weight is 257 g/mol. The highest BCUT2D eigenvalue weighted by Crippen LogP contribution is 2.14. The first-order valence-electron chi connectivity index (χ1n) is 3.91. The fourth-order valence-electron chi connectivity index (χ4n) is 0.832. The molecule has 0 unspecified atom stereocenters. The molecule has 0 atom stereocenters. The minimum absolute atomic E-state index is 0. The van der Waals surface area contributed by atoms with Crippen LogP contribution in [0.15, 0.2) is 0 Å². The molecule has 2 nitrogen and oxygen atoms in total. The minimum atomic E-state index is -4.08. The number of rotatable bonds is 5. The second-order valence-corrected chi connectivity index (χ2v) is 2.71. The Morgan fingerprint density at radius 2 is 1.71 bits per heavy atom. The molecule has 0 aliphatic rings. The van der Waals surface area contributed by atoms with E-state index >= 15 is 0 Å². The predicted octanol–water partition coefficient (Wildman–Crippen LogP) is 1.93. The van der Waals surface area contributed by atoms with E-state index in [2.05, 4.69) is 5.32 Å². The Morgan fingerprint density at radius 1 is 1.21 bits per heavy atom. The number of alkyl halides is 3. The van der Waals surface area contributed by atoms with Crippen molar-refractivity contribution in [1.29, 1.82) is 0 Å². The smallest absolute Gasteiger partial charge is 0.316 e. The molecule has 90 valence electrons. The molecule has 0 saturated heterocycles. The van der Waals surface area contributed by atoms with Gasteiger partial charge in [-0.25, -0.2) is 0 Å². The summed E-state index contributed by atoms with van der Waals surface area (Å²) in [5.74, 6) is 0. The van der Waals surface area contributed by atoms with Gasteiger partial charge in [0.2, 0.25) is 0 Å². The topological polar surface area (TPSA) is 15.3 Å². The molecule has 0 aliphatic heterocycles. The van der Waals surface area contributed by atoms with Gasteiger partial charge in [0.25, 0.3) is 0 Å². The molecule has 0 heterocycles. The summed E-state index contributed by atoms with van der Waals surface area (Å²) in [6, 6.07) is 0. The summed E-state index contributed by atoms with van der Waals surface area (Å²) >= 11 is 0. The van der Waals surface area contributed by atoms with Crippen molar-refractivity contribution in [1.82, 2.24) is 10.2 Å². The third-order valence-electron chi connectivity index (χ3n) is 1.37. The molecule has 0 spiro atoms. The molecule has 7 heteroatoms. The first kappa shape index (κ1) is 19.8. The third kappa shape index (κ3) is 14.8. The molecule has 0 fully saturated rings. The Kier molecular flexibility index (Phi) is 13.9. The van der Waals surface area contributed by atoms with Crippen molar-refractivity contribution >= 4 is 24.8 Å². The Labute approximate surface area is 95.0 Å². The van der Waals surface area contributed by atoms with E-state index in [4.69, 9.17) is 0 Å². The Hall–Kier alpha value is 0.290. The summed E-state index contributed by atoms with van der Waals surface area (Å²) in [7, 11) is 1.46. The fourth-order valence-corrected chi connectivity index (χ4v) is 0.832. The monoisotopic (exact) mass is 256 g/mol. The van der Waals surface area contributed by atoms with Gasteiger partial charge in [-0.05, 0) is 13.6 Å². The lowest BCUT2D eigenvalue weighted by Crippen LogP contribution is -2.35. The lowest BCUT2D eigenvalue weighted by molar-refractivity contribution is -0.142. The molecule has 14 heavy (non-hydrogen) atoms. The maximum absolute atomic E-state index is 11.8. The zero-order valence-electron chi connectivity index (χ0n) is 8.23. The van der Waals surface area contributed by atoms with E-state index in [0.717, 1.165) is 6.54 Å². The molecule has 0 bridgehead atoms. The molecular formula is C7H17Cl2F3N2. The molecule has 0 amide bonds. The van der Waals surface area contributed by atoms with Gasteiger partial charge in [0.05, 0.1) is 6.54 Å². The van der Waals surface area contributed by atoms with Crippen LogP contribution in [0, 0.1) is 0 Å². The SMILES string of the molecule is CCNCCN(C)CC(F)(F)F.Cl.Cl. The summed E-state index contributed by atoms with van der Waals surface area (Å²) in [5, 5.41) is 2.96. The van der Waals surface area contributed by atoms with Crippen molar-refractivity contribution < 1.29 is 13.2 Å². The second kappa shape index (κ2) is 9.83. The lowest BCUT2D eigenvalue weighted by atomic mass is 10.5. The summed E-state index contributed by atoms with van der Waals surface area (Å²) in [6.45, 7) is 2.90. The van der Waals surface area contributed by atoms with Gasteiger partial charge in [-0.2, -0.15) is 13.2 Å². The van der Waals surface area contributed by atoms with Crippen LogP contribution in [0.1, 0.15) is 6.92 Å². The van der Waals surface area contributed by atoms with Crippen LogP contribution in [0.25, 0.3) is 0 Å². The van der Waals surface area contributed by atoms with Gasteiger partial charge in [0, 0.05) is 13.1 Å². The van der Waals surface area contributed by atoms with Crippen molar-refractivity contribution in [2.45, 2.75) is 13.1 Å². The fraction of sp³-hybridized carbons (Fsp3) is 1.00. The molecule has 0 rings (SSSR count). The number of halogens is 5. The van der Waals surface area contributed by atoms with Crippen LogP contribution in [-0.4, -0.2) is 44.3 Å². The van der Waals surface area contributed by atoms with Gasteiger partial charge in [-0.15, -0.1) is 24.8 Å². The molecular weight excluding hydrogens is 240 g/mol. The number of hydrogen-bond donors (Lipinski definition) is 1. The summed E-state index contributed by atoms with van der Waals surface area (Å²) in [5.41, 5.74) is 0. The van der Waals surface area contributed by atoms with Gasteiger partial charge in [-0.1, -0.05) is 6.92 Å². The Balaban J connectivity index is -0.000000605. The largest absolute Gasteiger partial charge is 0.401 e. The Morgan fingerprint density at radius 3 is 2.07 bits per heavy atom. The van der Waals surface area contributed by atoms with Crippen molar-refractivity contribution in [3.05, 3.63) is 0 Å². The van der Waals surface area contributed by atoms with E-state index in [1.807, 2.05) is 6.92 Å². The number of nitrogens with one attached hydrogen (secondary N) is 1. The van der Waals surface area contributed by atoms with Gasteiger partial charge >= 0.3 is 6.18 Å². The lowest BCUT2D eigenvalue weighted by Gasteiger charge is -2.18. The highest BCUT2D eigenvalue weighted by Gasteiger charge is 2.28. The number of hydrogen-bond acceptors (Lipinski definition) is 2. The normalized spacial score (nSPS) is 10.7. The maximum atomic E-state index is 11.8. The molecule has 0 saturated carbocycles. The number of likely N-dealkylation sites (N-methyl/N-ethyl adjacent to an activating group) is 2. The van der Waals surface area contributed by atoms with E-state index in [1.54, 1.807) is 0 Å². The third-order valence-corrected chi connectivity index (χ3v) is 1.37.